The molecule has 0 bridgehead atoms. The smallest absolute Gasteiger partial charge is 0.254 e. The summed E-state index contributed by atoms with van der Waals surface area (Å²) in [6.45, 7) is 1.86. The second kappa shape index (κ2) is 7.45. The van der Waals surface area contributed by atoms with Crippen molar-refractivity contribution in [3.8, 4) is 11.5 Å². The van der Waals surface area contributed by atoms with Crippen molar-refractivity contribution in [1.82, 2.24) is 4.90 Å². The molecule has 2 aliphatic heterocycles. The van der Waals surface area contributed by atoms with Crippen LogP contribution in [0.1, 0.15) is 27.6 Å². The molecule has 130 valence electrons. The van der Waals surface area contributed by atoms with Gasteiger partial charge in [-0.3, -0.25) is 4.79 Å². The summed E-state index contributed by atoms with van der Waals surface area (Å²) in [5, 5.41) is 0.377. The third-order valence-electron chi connectivity index (χ3n) is 4.50. The van der Waals surface area contributed by atoms with Gasteiger partial charge in [0.25, 0.3) is 5.91 Å². The first-order valence-electron chi connectivity index (χ1n) is 8.27. The first-order chi connectivity index (χ1) is 12.2. The number of thioether (sulfide) groups is 1. The van der Waals surface area contributed by atoms with Crippen molar-refractivity contribution >= 4 is 40.3 Å². The number of rotatable bonds is 2. The highest BCUT2D eigenvalue weighted by Crippen LogP contribution is 2.40. The van der Waals surface area contributed by atoms with E-state index in [1.807, 2.05) is 47.0 Å². The summed E-state index contributed by atoms with van der Waals surface area (Å²) in [4.78, 5) is 14.8. The fourth-order valence-electron chi connectivity index (χ4n) is 3.16. The standard InChI is InChI=1S/C19H18INO3S/c20-15-4-2-1-3-14(15)19(22)21-8-7-18(25-10-9-21)13-5-6-16-17(11-13)24-12-23-16/h1-6,11,18H,7-10,12H2. The molecule has 0 radical (unpaired) electrons. The molecule has 2 aromatic rings. The van der Waals surface area contributed by atoms with Crippen LogP contribution in [0, 0.1) is 3.57 Å². The Balaban J connectivity index is 1.47. The van der Waals surface area contributed by atoms with Crippen molar-refractivity contribution in [3.63, 3.8) is 0 Å². The van der Waals surface area contributed by atoms with E-state index in [1.165, 1.54) is 5.56 Å². The molecule has 1 unspecified atom stereocenters. The third kappa shape index (κ3) is 3.60. The van der Waals surface area contributed by atoms with Crippen molar-refractivity contribution in [2.45, 2.75) is 11.7 Å². The molecule has 0 spiro atoms. The van der Waals surface area contributed by atoms with Gasteiger partial charge < -0.3 is 14.4 Å². The summed E-state index contributed by atoms with van der Waals surface area (Å²) in [6.07, 6.45) is 0.944. The molecule has 1 amide bonds. The molecule has 1 saturated heterocycles. The van der Waals surface area contributed by atoms with Crippen LogP contribution in [0.15, 0.2) is 42.5 Å². The van der Waals surface area contributed by atoms with Gasteiger partial charge in [0.2, 0.25) is 6.79 Å². The summed E-state index contributed by atoms with van der Waals surface area (Å²) in [5.74, 6) is 2.72. The predicted molar refractivity (Wildman–Crippen MR) is 107 cm³/mol. The van der Waals surface area contributed by atoms with Crippen LogP contribution in [-0.2, 0) is 0 Å². The van der Waals surface area contributed by atoms with Crippen molar-refractivity contribution < 1.29 is 14.3 Å². The number of fused-ring (bicyclic) bond motifs is 1. The van der Waals surface area contributed by atoms with Crippen molar-refractivity contribution in [3.05, 3.63) is 57.2 Å². The lowest BCUT2D eigenvalue weighted by atomic mass is 10.1. The van der Waals surface area contributed by atoms with Crippen LogP contribution in [0.4, 0.5) is 0 Å². The number of halogens is 1. The lowest BCUT2D eigenvalue weighted by molar-refractivity contribution is 0.0765. The fourth-order valence-corrected chi connectivity index (χ4v) is 5.00. The Morgan fingerprint density at radius 1 is 1.12 bits per heavy atom. The van der Waals surface area contributed by atoms with Gasteiger partial charge in [-0.15, -0.1) is 0 Å². The minimum Gasteiger partial charge on any atom is -0.454 e. The number of ether oxygens (including phenoxy) is 2. The highest BCUT2D eigenvalue weighted by Gasteiger charge is 2.25. The molecule has 0 N–H and O–H groups in total. The molecule has 2 heterocycles. The van der Waals surface area contributed by atoms with E-state index in [0.29, 0.717) is 12.0 Å². The summed E-state index contributed by atoms with van der Waals surface area (Å²) < 4.78 is 11.9. The average Bonchev–Trinajstić information content (AvgIpc) is 2.96. The second-order valence-corrected chi connectivity index (χ2v) is 8.51. The Morgan fingerprint density at radius 3 is 2.84 bits per heavy atom. The molecule has 25 heavy (non-hydrogen) atoms. The van der Waals surface area contributed by atoms with Crippen LogP contribution in [0.5, 0.6) is 11.5 Å². The first kappa shape index (κ1) is 17.0. The van der Waals surface area contributed by atoms with E-state index in [0.717, 1.165) is 45.9 Å². The predicted octanol–water partition coefficient (Wildman–Crippen LogP) is 4.34. The maximum atomic E-state index is 12.8. The lowest BCUT2D eigenvalue weighted by Gasteiger charge is -2.21. The van der Waals surface area contributed by atoms with Gasteiger partial charge in [0.1, 0.15) is 0 Å². The zero-order valence-electron chi connectivity index (χ0n) is 13.6. The quantitative estimate of drug-likeness (QED) is 0.617. The van der Waals surface area contributed by atoms with Crippen LogP contribution < -0.4 is 9.47 Å². The number of carbonyl (C=O) groups is 1. The van der Waals surface area contributed by atoms with Crippen molar-refractivity contribution in [2.24, 2.45) is 0 Å². The maximum absolute atomic E-state index is 12.8. The van der Waals surface area contributed by atoms with Crippen LogP contribution in [-0.4, -0.2) is 36.4 Å². The van der Waals surface area contributed by atoms with E-state index < -0.39 is 0 Å². The maximum Gasteiger partial charge on any atom is 0.254 e. The number of amides is 1. The largest absolute Gasteiger partial charge is 0.454 e. The number of benzene rings is 2. The van der Waals surface area contributed by atoms with Gasteiger partial charge in [-0.2, -0.15) is 11.8 Å². The number of hydrogen-bond acceptors (Lipinski definition) is 4. The van der Waals surface area contributed by atoms with Gasteiger partial charge in [-0.1, -0.05) is 18.2 Å². The molecular formula is C19H18INO3S. The summed E-state index contributed by atoms with van der Waals surface area (Å²) in [5.41, 5.74) is 2.05. The summed E-state index contributed by atoms with van der Waals surface area (Å²) in [7, 11) is 0. The molecular weight excluding hydrogens is 449 g/mol. The zero-order chi connectivity index (χ0) is 17.2. The Morgan fingerprint density at radius 2 is 1.96 bits per heavy atom. The van der Waals surface area contributed by atoms with Gasteiger partial charge in [-0.05, 0) is 58.8 Å². The molecule has 1 fully saturated rings. The monoisotopic (exact) mass is 467 g/mol. The Bertz CT molecular complexity index is 798. The minimum absolute atomic E-state index is 0.136. The van der Waals surface area contributed by atoms with Crippen LogP contribution >= 0.6 is 34.4 Å². The Labute approximate surface area is 165 Å². The van der Waals surface area contributed by atoms with E-state index in [9.17, 15) is 4.79 Å². The van der Waals surface area contributed by atoms with Gasteiger partial charge in [-0.25, -0.2) is 0 Å². The van der Waals surface area contributed by atoms with Crippen LogP contribution in [0.3, 0.4) is 0 Å². The zero-order valence-corrected chi connectivity index (χ0v) is 16.6. The highest BCUT2D eigenvalue weighted by molar-refractivity contribution is 14.1. The minimum atomic E-state index is 0.136. The highest BCUT2D eigenvalue weighted by atomic mass is 127. The van der Waals surface area contributed by atoms with E-state index in [4.69, 9.17) is 9.47 Å². The molecule has 1 atom stereocenters. The average molecular weight is 467 g/mol. The molecule has 4 rings (SSSR count). The third-order valence-corrected chi connectivity index (χ3v) is 6.77. The molecule has 0 saturated carbocycles. The van der Waals surface area contributed by atoms with Gasteiger partial charge >= 0.3 is 0 Å². The normalized spacial score (nSPS) is 19.6. The topological polar surface area (TPSA) is 38.8 Å². The fraction of sp³-hybridized carbons (Fsp3) is 0.316. The molecule has 0 aliphatic carbocycles. The van der Waals surface area contributed by atoms with E-state index in [-0.39, 0.29) is 5.91 Å². The van der Waals surface area contributed by atoms with Gasteiger partial charge in [0, 0.05) is 27.7 Å². The van der Waals surface area contributed by atoms with E-state index in [2.05, 4.69) is 34.7 Å². The van der Waals surface area contributed by atoms with Crippen molar-refractivity contribution in [1.29, 1.82) is 0 Å². The Hall–Kier alpha value is -1.41. The van der Waals surface area contributed by atoms with Gasteiger partial charge in [0.15, 0.2) is 11.5 Å². The van der Waals surface area contributed by atoms with Crippen molar-refractivity contribution in [2.75, 3.05) is 25.6 Å². The number of hydrogen-bond donors (Lipinski definition) is 0. The second-order valence-electron chi connectivity index (χ2n) is 6.03. The molecule has 2 aliphatic rings. The Kier molecular flexibility index (Phi) is 5.08. The molecule has 0 aromatic heterocycles. The number of nitrogens with zero attached hydrogens (tertiary/aromatic N) is 1. The molecule has 2 aromatic carbocycles. The lowest BCUT2D eigenvalue weighted by Crippen LogP contribution is -2.33. The number of carbonyl (C=O) groups excluding carboxylic acids is 1. The van der Waals surface area contributed by atoms with Crippen LogP contribution in [0.25, 0.3) is 0 Å². The SMILES string of the molecule is O=C(c1ccccc1I)N1CCSC(c2ccc3c(c2)OCO3)CC1. The summed E-state index contributed by atoms with van der Waals surface area (Å²) in [6, 6.07) is 14.0. The van der Waals surface area contributed by atoms with E-state index in [1.54, 1.807) is 0 Å². The van der Waals surface area contributed by atoms with Gasteiger partial charge in [0.05, 0.1) is 5.56 Å². The molecule has 6 heteroatoms. The van der Waals surface area contributed by atoms with Crippen LogP contribution in [0.2, 0.25) is 0 Å². The first-order valence-corrected chi connectivity index (χ1v) is 10.4. The summed E-state index contributed by atoms with van der Waals surface area (Å²) >= 11 is 4.14. The van der Waals surface area contributed by atoms with E-state index >= 15 is 0 Å². The molecule has 4 nitrogen and oxygen atoms in total.